The summed E-state index contributed by atoms with van der Waals surface area (Å²) in [6, 6.07) is 5.81. The highest BCUT2D eigenvalue weighted by atomic mass is 19.1. The van der Waals surface area contributed by atoms with E-state index in [-0.39, 0.29) is 36.0 Å². The van der Waals surface area contributed by atoms with Crippen molar-refractivity contribution in [3.05, 3.63) is 47.9 Å². The summed E-state index contributed by atoms with van der Waals surface area (Å²) >= 11 is 0. The zero-order valence-corrected chi connectivity index (χ0v) is 14.8. The summed E-state index contributed by atoms with van der Waals surface area (Å²) in [7, 11) is 0. The quantitative estimate of drug-likeness (QED) is 0.755. The summed E-state index contributed by atoms with van der Waals surface area (Å²) in [6.07, 6.45) is 4.25. The number of amides is 1. The molecule has 1 amide bonds. The van der Waals surface area contributed by atoms with Gasteiger partial charge >= 0.3 is 0 Å². The van der Waals surface area contributed by atoms with E-state index < -0.39 is 0 Å². The maximum atomic E-state index is 13.1. The molecule has 6 nitrogen and oxygen atoms in total. The number of hydrogen-bond donors (Lipinski definition) is 0. The SMILES string of the molecule is CCCO[C@@H]1CCCN(C(=O)c2coc(COc3cccc(F)c3)n2)C1. The molecule has 140 valence electrons. The van der Waals surface area contributed by atoms with Crippen molar-refractivity contribution < 1.29 is 23.1 Å². The van der Waals surface area contributed by atoms with Crippen molar-refractivity contribution in [1.82, 2.24) is 9.88 Å². The van der Waals surface area contributed by atoms with Crippen LogP contribution in [0.25, 0.3) is 0 Å². The highest BCUT2D eigenvalue weighted by molar-refractivity contribution is 5.92. The van der Waals surface area contributed by atoms with Crippen LogP contribution in [0.5, 0.6) is 5.75 Å². The van der Waals surface area contributed by atoms with Gasteiger partial charge in [0.1, 0.15) is 17.8 Å². The maximum absolute atomic E-state index is 13.1. The second kappa shape index (κ2) is 8.80. The molecule has 1 atom stereocenters. The number of hydrogen-bond acceptors (Lipinski definition) is 5. The number of halogens is 1. The first-order valence-corrected chi connectivity index (χ1v) is 8.89. The molecule has 1 aliphatic heterocycles. The molecule has 1 fully saturated rings. The van der Waals surface area contributed by atoms with Gasteiger partial charge in [0.2, 0.25) is 5.89 Å². The predicted molar refractivity (Wildman–Crippen MR) is 92.4 cm³/mol. The van der Waals surface area contributed by atoms with Gasteiger partial charge in [-0.15, -0.1) is 0 Å². The van der Waals surface area contributed by atoms with Crippen LogP contribution >= 0.6 is 0 Å². The summed E-state index contributed by atoms with van der Waals surface area (Å²) in [4.78, 5) is 18.6. The Bertz CT molecular complexity index is 734. The Morgan fingerprint density at radius 1 is 1.46 bits per heavy atom. The third-order valence-corrected chi connectivity index (χ3v) is 4.15. The fraction of sp³-hybridized carbons (Fsp3) is 0.474. The van der Waals surface area contributed by atoms with Crippen LogP contribution in [-0.4, -0.2) is 41.6 Å². The van der Waals surface area contributed by atoms with Crippen LogP contribution in [0.15, 0.2) is 34.9 Å². The minimum Gasteiger partial charge on any atom is -0.484 e. The van der Waals surface area contributed by atoms with Crippen molar-refractivity contribution in [2.75, 3.05) is 19.7 Å². The lowest BCUT2D eigenvalue weighted by molar-refractivity contribution is 0.00192. The summed E-state index contributed by atoms with van der Waals surface area (Å²) in [5.74, 6) is 0.0997. The summed E-state index contributed by atoms with van der Waals surface area (Å²) < 4.78 is 29.6. The first-order valence-electron chi connectivity index (χ1n) is 8.89. The number of oxazole rings is 1. The Balaban J connectivity index is 1.55. The van der Waals surface area contributed by atoms with Crippen molar-refractivity contribution >= 4 is 5.91 Å². The molecule has 0 radical (unpaired) electrons. The summed E-state index contributed by atoms with van der Waals surface area (Å²) in [5, 5.41) is 0. The van der Waals surface area contributed by atoms with Gasteiger partial charge in [0.15, 0.2) is 12.3 Å². The fourth-order valence-corrected chi connectivity index (χ4v) is 2.88. The molecule has 0 unspecified atom stereocenters. The molecule has 2 aromatic rings. The van der Waals surface area contributed by atoms with Crippen LogP contribution in [0, 0.1) is 5.82 Å². The monoisotopic (exact) mass is 362 g/mol. The smallest absolute Gasteiger partial charge is 0.275 e. The summed E-state index contributed by atoms with van der Waals surface area (Å²) in [5.41, 5.74) is 0.249. The molecule has 1 saturated heterocycles. The molecule has 1 aromatic heterocycles. The summed E-state index contributed by atoms with van der Waals surface area (Å²) in [6.45, 7) is 4.05. The minimum absolute atomic E-state index is 0.0268. The van der Waals surface area contributed by atoms with Gasteiger partial charge in [-0.3, -0.25) is 4.79 Å². The Morgan fingerprint density at radius 2 is 2.35 bits per heavy atom. The lowest BCUT2D eigenvalue weighted by Crippen LogP contribution is -2.43. The van der Waals surface area contributed by atoms with Gasteiger partial charge in [-0.25, -0.2) is 9.37 Å². The molecule has 0 N–H and O–H groups in total. The minimum atomic E-state index is -0.379. The van der Waals surface area contributed by atoms with E-state index in [1.54, 1.807) is 17.0 Å². The van der Waals surface area contributed by atoms with E-state index in [0.717, 1.165) is 19.3 Å². The van der Waals surface area contributed by atoms with Crippen molar-refractivity contribution in [2.45, 2.75) is 38.9 Å². The zero-order valence-electron chi connectivity index (χ0n) is 14.8. The number of ether oxygens (including phenoxy) is 2. The zero-order chi connectivity index (χ0) is 18.4. The molecule has 2 heterocycles. The van der Waals surface area contributed by atoms with Gasteiger partial charge in [0, 0.05) is 25.8 Å². The average molecular weight is 362 g/mol. The van der Waals surface area contributed by atoms with Gasteiger partial charge in [-0.2, -0.15) is 0 Å². The van der Waals surface area contributed by atoms with Crippen molar-refractivity contribution in [3.8, 4) is 5.75 Å². The highest BCUT2D eigenvalue weighted by Crippen LogP contribution is 2.18. The number of aromatic nitrogens is 1. The number of carbonyl (C=O) groups excluding carboxylic acids is 1. The molecule has 26 heavy (non-hydrogen) atoms. The van der Waals surface area contributed by atoms with Crippen molar-refractivity contribution in [3.63, 3.8) is 0 Å². The average Bonchev–Trinajstić information content (AvgIpc) is 3.13. The molecule has 3 rings (SSSR count). The lowest BCUT2D eigenvalue weighted by atomic mass is 10.1. The molecule has 0 saturated carbocycles. The fourth-order valence-electron chi connectivity index (χ4n) is 2.88. The molecule has 0 bridgehead atoms. The van der Waals surface area contributed by atoms with Crippen LogP contribution < -0.4 is 4.74 Å². The Labute approximate surface area is 151 Å². The molecular weight excluding hydrogens is 339 g/mol. The van der Waals surface area contributed by atoms with Crippen LogP contribution in [0.3, 0.4) is 0 Å². The van der Waals surface area contributed by atoms with Crippen LogP contribution in [-0.2, 0) is 11.3 Å². The van der Waals surface area contributed by atoms with E-state index in [1.807, 2.05) is 0 Å². The van der Waals surface area contributed by atoms with Gasteiger partial charge < -0.3 is 18.8 Å². The van der Waals surface area contributed by atoms with Crippen LogP contribution in [0.4, 0.5) is 4.39 Å². The third-order valence-electron chi connectivity index (χ3n) is 4.15. The molecule has 1 aliphatic rings. The molecule has 0 aliphatic carbocycles. The second-order valence-corrected chi connectivity index (χ2v) is 6.26. The van der Waals surface area contributed by atoms with Crippen molar-refractivity contribution in [1.29, 1.82) is 0 Å². The molecular formula is C19H23FN2O4. The lowest BCUT2D eigenvalue weighted by Gasteiger charge is -2.32. The molecule has 0 spiro atoms. The van der Waals surface area contributed by atoms with E-state index in [0.29, 0.717) is 25.4 Å². The number of rotatable bonds is 7. The van der Waals surface area contributed by atoms with E-state index in [1.165, 1.54) is 18.4 Å². The van der Waals surface area contributed by atoms with Gasteiger partial charge in [0.05, 0.1) is 6.10 Å². The van der Waals surface area contributed by atoms with Crippen LogP contribution in [0.1, 0.15) is 42.6 Å². The first kappa shape index (κ1) is 18.4. The number of nitrogens with zero attached hydrogens (tertiary/aromatic N) is 2. The highest BCUT2D eigenvalue weighted by Gasteiger charge is 2.26. The number of piperidine rings is 1. The van der Waals surface area contributed by atoms with E-state index in [9.17, 15) is 9.18 Å². The number of carbonyl (C=O) groups is 1. The largest absolute Gasteiger partial charge is 0.484 e. The van der Waals surface area contributed by atoms with E-state index >= 15 is 0 Å². The van der Waals surface area contributed by atoms with E-state index in [4.69, 9.17) is 13.9 Å². The number of benzene rings is 1. The van der Waals surface area contributed by atoms with Gasteiger partial charge in [-0.1, -0.05) is 13.0 Å². The van der Waals surface area contributed by atoms with E-state index in [2.05, 4.69) is 11.9 Å². The third kappa shape index (κ3) is 4.82. The second-order valence-electron chi connectivity index (χ2n) is 6.26. The first-order chi connectivity index (χ1) is 12.7. The molecule has 1 aromatic carbocycles. The predicted octanol–water partition coefficient (Wildman–Crippen LogP) is 3.42. The van der Waals surface area contributed by atoms with Gasteiger partial charge in [0.25, 0.3) is 5.91 Å². The maximum Gasteiger partial charge on any atom is 0.275 e. The van der Waals surface area contributed by atoms with Gasteiger partial charge in [-0.05, 0) is 31.4 Å². The Hall–Kier alpha value is -2.41. The Kier molecular flexibility index (Phi) is 6.22. The number of likely N-dealkylation sites (tertiary alicyclic amines) is 1. The Morgan fingerprint density at radius 3 is 3.15 bits per heavy atom. The normalized spacial score (nSPS) is 17.3. The standard InChI is InChI=1S/C19H23FN2O4/c1-2-9-24-16-7-4-8-22(11-16)19(23)17-12-26-18(21-17)13-25-15-6-3-5-14(20)10-15/h3,5-6,10,12,16H,2,4,7-9,11,13H2,1H3/t16-/m1/s1. The topological polar surface area (TPSA) is 64.8 Å². The van der Waals surface area contributed by atoms with Crippen molar-refractivity contribution in [2.24, 2.45) is 0 Å². The van der Waals surface area contributed by atoms with Crippen LogP contribution in [0.2, 0.25) is 0 Å². The molecule has 7 heteroatoms.